The molecule has 1 amide bonds. The lowest BCUT2D eigenvalue weighted by Gasteiger charge is -2.36. The molecule has 2 rings (SSSR count). The number of ether oxygens (including phenoxy) is 1. The van der Waals surface area contributed by atoms with E-state index >= 15 is 0 Å². The van der Waals surface area contributed by atoms with E-state index in [0.717, 1.165) is 39.0 Å². The molecule has 2 fully saturated rings. The molecule has 0 saturated carbocycles. The van der Waals surface area contributed by atoms with Crippen LogP contribution in [0.3, 0.4) is 0 Å². The molecule has 0 aliphatic carbocycles. The zero-order valence-electron chi connectivity index (χ0n) is 9.00. The Morgan fingerprint density at radius 3 is 2.93 bits per heavy atom. The van der Waals surface area contributed by atoms with Crippen molar-refractivity contribution in [3.05, 3.63) is 0 Å². The Morgan fingerprint density at radius 2 is 2.27 bits per heavy atom. The molecule has 15 heavy (non-hydrogen) atoms. The first-order valence-corrected chi connectivity index (χ1v) is 5.59. The summed E-state index contributed by atoms with van der Waals surface area (Å²) >= 11 is 0. The van der Waals surface area contributed by atoms with Crippen LogP contribution in [0, 0.1) is 0 Å². The Hall–Kier alpha value is -0.650. The molecule has 0 aromatic carbocycles. The van der Waals surface area contributed by atoms with Gasteiger partial charge in [-0.1, -0.05) is 0 Å². The van der Waals surface area contributed by atoms with Crippen molar-refractivity contribution < 1.29 is 9.53 Å². The number of amides is 1. The molecule has 2 aliphatic rings. The van der Waals surface area contributed by atoms with Gasteiger partial charge < -0.3 is 15.8 Å². The van der Waals surface area contributed by atoms with Crippen LogP contribution in [0.1, 0.15) is 12.8 Å². The van der Waals surface area contributed by atoms with E-state index in [-0.39, 0.29) is 5.91 Å². The second-order valence-electron chi connectivity index (χ2n) is 4.29. The van der Waals surface area contributed by atoms with Gasteiger partial charge in [-0.15, -0.1) is 0 Å². The van der Waals surface area contributed by atoms with E-state index in [9.17, 15) is 4.79 Å². The summed E-state index contributed by atoms with van der Waals surface area (Å²) in [6.07, 6.45) is 1.80. The van der Waals surface area contributed by atoms with Crippen molar-refractivity contribution in [1.82, 2.24) is 10.2 Å². The van der Waals surface area contributed by atoms with E-state index in [1.165, 1.54) is 0 Å². The Labute approximate surface area is 89.9 Å². The van der Waals surface area contributed by atoms with Crippen LogP contribution in [0.15, 0.2) is 0 Å². The van der Waals surface area contributed by atoms with E-state index in [1.54, 1.807) is 0 Å². The summed E-state index contributed by atoms with van der Waals surface area (Å²) in [4.78, 5) is 13.8. The van der Waals surface area contributed by atoms with Crippen molar-refractivity contribution in [3.8, 4) is 0 Å². The van der Waals surface area contributed by atoms with Crippen molar-refractivity contribution >= 4 is 5.91 Å². The smallest absolute Gasteiger partial charge is 0.240 e. The predicted octanol–water partition coefficient (Wildman–Crippen LogP) is -1.07. The maximum Gasteiger partial charge on any atom is 0.240 e. The molecule has 0 aromatic heterocycles. The second-order valence-corrected chi connectivity index (χ2v) is 4.29. The minimum absolute atomic E-state index is 0.234. The predicted molar refractivity (Wildman–Crippen MR) is 56.4 cm³/mol. The molecular weight excluding hydrogens is 194 g/mol. The SMILES string of the molecule is NC(=O)C1(N2CCCNCC2)CCOC1. The van der Waals surface area contributed by atoms with Crippen molar-refractivity contribution in [2.24, 2.45) is 5.73 Å². The number of primary amides is 1. The van der Waals surface area contributed by atoms with Gasteiger partial charge in [0.25, 0.3) is 0 Å². The number of hydrogen-bond donors (Lipinski definition) is 2. The van der Waals surface area contributed by atoms with Crippen LogP contribution < -0.4 is 11.1 Å². The number of hydrogen-bond acceptors (Lipinski definition) is 4. The fourth-order valence-electron chi connectivity index (χ4n) is 2.43. The Bertz CT molecular complexity index is 231. The Morgan fingerprint density at radius 1 is 1.40 bits per heavy atom. The molecule has 0 spiro atoms. The van der Waals surface area contributed by atoms with E-state index in [2.05, 4.69) is 10.2 Å². The molecule has 2 heterocycles. The number of carbonyl (C=O) groups is 1. The first-order valence-electron chi connectivity index (χ1n) is 5.59. The number of nitrogens with one attached hydrogen (secondary N) is 1. The molecule has 0 bridgehead atoms. The summed E-state index contributed by atoms with van der Waals surface area (Å²) in [6.45, 7) is 4.86. The van der Waals surface area contributed by atoms with Crippen LogP contribution in [-0.2, 0) is 9.53 Å². The molecule has 1 unspecified atom stereocenters. The first-order chi connectivity index (χ1) is 7.26. The molecule has 0 aromatic rings. The summed E-state index contributed by atoms with van der Waals surface area (Å²) in [5.74, 6) is -0.234. The van der Waals surface area contributed by atoms with Crippen LogP contribution in [0.2, 0.25) is 0 Å². The highest BCUT2D eigenvalue weighted by atomic mass is 16.5. The molecule has 0 radical (unpaired) electrons. The van der Waals surface area contributed by atoms with Gasteiger partial charge in [-0.25, -0.2) is 0 Å². The molecule has 1 atom stereocenters. The minimum Gasteiger partial charge on any atom is -0.379 e. The number of nitrogens with two attached hydrogens (primary N) is 1. The summed E-state index contributed by atoms with van der Waals surface area (Å²) < 4.78 is 5.35. The third kappa shape index (κ3) is 2.00. The van der Waals surface area contributed by atoms with Crippen molar-refractivity contribution in [1.29, 1.82) is 0 Å². The normalized spacial score (nSPS) is 33.9. The highest BCUT2D eigenvalue weighted by Crippen LogP contribution is 2.26. The lowest BCUT2D eigenvalue weighted by atomic mass is 9.95. The largest absolute Gasteiger partial charge is 0.379 e. The van der Waals surface area contributed by atoms with Gasteiger partial charge in [0.15, 0.2) is 0 Å². The van der Waals surface area contributed by atoms with Gasteiger partial charge in [-0.05, 0) is 13.0 Å². The summed E-state index contributed by atoms with van der Waals surface area (Å²) in [7, 11) is 0. The van der Waals surface area contributed by atoms with Gasteiger partial charge in [0.1, 0.15) is 5.54 Å². The van der Waals surface area contributed by atoms with Gasteiger partial charge in [-0.3, -0.25) is 9.69 Å². The molecule has 86 valence electrons. The standard InChI is InChI=1S/C10H19N3O2/c11-9(14)10(2-7-15-8-10)13-5-1-3-12-4-6-13/h12H,1-8H2,(H2,11,14). The molecule has 3 N–H and O–H groups in total. The highest BCUT2D eigenvalue weighted by Gasteiger charge is 2.45. The molecule has 2 aliphatic heterocycles. The number of carbonyl (C=O) groups excluding carboxylic acids is 1. The Kier molecular flexibility index (Phi) is 3.23. The van der Waals surface area contributed by atoms with Gasteiger partial charge >= 0.3 is 0 Å². The first kappa shape index (κ1) is 10.9. The van der Waals surface area contributed by atoms with Crippen LogP contribution in [0.4, 0.5) is 0 Å². The summed E-state index contributed by atoms with van der Waals surface area (Å²) in [5.41, 5.74) is 5.00. The van der Waals surface area contributed by atoms with Gasteiger partial charge in [0.2, 0.25) is 5.91 Å². The third-order valence-electron chi connectivity index (χ3n) is 3.40. The van der Waals surface area contributed by atoms with Gasteiger partial charge in [-0.2, -0.15) is 0 Å². The average molecular weight is 213 g/mol. The van der Waals surface area contributed by atoms with E-state index in [4.69, 9.17) is 10.5 Å². The fraction of sp³-hybridized carbons (Fsp3) is 0.900. The van der Waals surface area contributed by atoms with Crippen LogP contribution >= 0.6 is 0 Å². The topological polar surface area (TPSA) is 67.6 Å². The Balaban J connectivity index is 2.12. The quantitative estimate of drug-likeness (QED) is 0.612. The van der Waals surface area contributed by atoms with Crippen molar-refractivity contribution in [3.63, 3.8) is 0 Å². The van der Waals surface area contributed by atoms with E-state index in [0.29, 0.717) is 13.2 Å². The maximum absolute atomic E-state index is 11.6. The van der Waals surface area contributed by atoms with Crippen molar-refractivity contribution in [2.75, 3.05) is 39.4 Å². The lowest BCUT2D eigenvalue weighted by molar-refractivity contribution is -0.130. The fourth-order valence-corrected chi connectivity index (χ4v) is 2.43. The summed E-state index contributed by atoms with van der Waals surface area (Å²) in [5, 5.41) is 3.32. The lowest BCUT2D eigenvalue weighted by Crippen LogP contribution is -2.59. The van der Waals surface area contributed by atoms with Crippen LogP contribution in [0.5, 0.6) is 0 Å². The van der Waals surface area contributed by atoms with Crippen LogP contribution in [0.25, 0.3) is 0 Å². The molecule has 5 nitrogen and oxygen atoms in total. The van der Waals surface area contributed by atoms with E-state index in [1.807, 2.05) is 0 Å². The van der Waals surface area contributed by atoms with E-state index < -0.39 is 5.54 Å². The molecular formula is C10H19N3O2. The average Bonchev–Trinajstić information content (AvgIpc) is 2.56. The van der Waals surface area contributed by atoms with Crippen LogP contribution in [-0.4, -0.2) is 55.7 Å². The monoisotopic (exact) mass is 213 g/mol. The van der Waals surface area contributed by atoms with Crippen molar-refractivity contribution in [2.45, 2.75) is 18.4 Å². The van der Waals surface area contributed by atoms with Gasteiger partial charge in [0.05, 0.1) is 6.61 Å². The zero-order valence-corrected chi connectivity index (χ0v) is 9.00. The highest BCUT2D eigenvalue weighted by molar-refractivity contribution is 5.85. The second kappa shape index (κ2) is 4.47. The summed E-state index contributed by atoms with van der Waals surface area (Å²) in [6, 6.07) is 0. The van der Waals surface area contributed by atoms with Gasteiger partial charge in [0, 0.05) is 32.7 Å². The molecule has 5 heteroatoms. The number of nitrogens with zero attached hydrogens (tertiary/aromatic N) is 1. The number of rotatable bonds is 2. The third-order valence-corrected chi connectivity index (χ3v) is 3.40. The maximum atomic E-state index is 11.6. The zero-order chi connectivity index (χ0) is 10.7. The molecule has 2 saturated heterocycles. The minimum atomic E-state index is -0.536.